The van der Waals surface area contributed by atoms with Crippen molar-refractivity contribution in [3.8, 4) is 11.6 Å². The summed E-state index contributed by atoms with van der Waals surface area (Å²) >= 11 is 0. The standard InChI is InChI=1S/C18H22N2O5/c1-5-24-14-10-13(11-6-8-12(23-4)9-7-11)15-16(21)19(2)18(22)20(3)17(15)25-14/h6-9,13-14H,5,10H2,1-4H3/t13-,14-/m1/s1. The molecule has 0 aliphatic carbocycles. The van der Waals surface area contributed by atoms with Gasteiger partial charge in [-0.1, -0.05) is 12.1 Å². The molecule has 7 heteroatoms. The maximum absolute atomic E-state index is 12.8. The van der Waals surface area contributed by atoms with Crippen molar-refractivity contribution in [1.29, 1.82) is 0 Å². The third-order valence-electron chi connectivity index (χ3n) is 4.53. The van der Waals surface area contributed by atoms with Crippen LogP contribution in [0.25, 0.3) is 0 Å². The molecule has 0 fully saturated rings. The van der Waals surface area contributed by atoms with Crippen molar-refractivity contribution in [2.45, 2.75) is 25.6 Å². The van der Waals surface area contributed by atoms with Crippen LogP contribution in [0.2, 0.25) is 0 Å². The highest BCUT2D eigenvalue weighted by Crippen LogP contribution is 2.38. The molecule has 0 unspecified atom stereocenters. The zero-order valence-corrected chi connectivity index (χ0v) is 14.8. The van der Waals surface area contributed by atoms with Crippen molar-refractivity contribution < 1.29 is 14.2 Å². The van der Waals surface area contributed by atoms with Crippen LogP contribution in [0.5, 0.6) is 11.6 Å². The summed E-state index contributed by atoms with van der Waals surface area (Å²) in [5.74, 6) is 0.793. The predicted octanol–water partition coefficient (Wildman–Crippen LogP) is 1.37. The summed E-state index contributed by atoms with van der Waals surface area (Å²) in [5, 5.41) is 0. The minimum Gasteiger partial charge on any atom is -0.497 e. The fourth-order valence-corrected chi connectivity index (χ4v) is 3.20. The van der Waals surface area contributed by atoms with Crippen LogP contribution in [0, 0.1) is 0 Å². The number of fused-ring (bicyclic) bond motifs is 1. The Bertz CT molecular complexity index is 882. The summed E-state index contributed by atoms with van der Waals surface area (Å²) in [5.41, 5.74) is 0.666. The molecule has 1 aliphatic rings. The van der Waals surface area contributed by atoms with Crippen LogP contribution in [0.1, 0.15) is 30.4 Å². The Morgan fingerprint density at radius 3 is 2.44 bits per heavy atom. The second-order valence-corrected chi connectivity index (χ2v) is 5.99. The van der Waals surface area contributed by atoms with Crippen molar-refractivity contribution in [3.63, 3.8) is 0 Å². The highest BCUT2D eigenvalue weighted by molar-refractivity contribution is 5.41. The van der Waals surface area contributed by atoms with Crippen LogP contribution in [0.4, 0.5) is 0 Å². The third-order valence-corrected chi connectivity index (χ3v) is 4.53. The van der Waals surface area contributed by atoms with E-state index < -0.39 is 12.0 Å². The summed E-state index contributed by atoms with van der Waals surface area (Å²) in [4.78, 5) is 25.0. The van der Waals surface area contributed by atoms with E-state index in [0.717, 1.165) is 15.9 Å². The van der Waals surface area contributed by atoms with E-state index in [9.17, 15) is 9.59 Å². The Morgan fingerprint density at radius 2 is 1.84 bits per heavy atom. The molecule has 25 heavy (non-hydrogen) atoms. The third kappa shape index (κ3) is 2.95. The smallest absolute Gasteiger partial charge is 0.333 e. The summed E-state index contributed by atoms with van der Waals surface area (Å²) in [7, 11) is 4.68. The lowest BCUT2D eigenvalue weighted by atomic mass is 9.87. The van der Waals surface area contributed by atoms with E-state index in [1.54, 1.807) is 14.2 Å². The SMILES string of the molecule is CCO[C@H]1C[C@H](c2ccc(OC)cc2)c2c(n(C)c(=O)n(C)c2=O)O1. The first-order valence-corrected chi connectivity index (χ1v) is 8.20. The fraction of sp³-hybridized carbons (Fsp3) is 0.444. The molecule has 1 aromatic heterocycles. The first-order chi connectivity index (χ1) is 12.0. The lowest BCUT2D eigenvalue weighted by Crippen LogP contribution is -2.44. The number of nitrogens with zero attached hydrogens (tertiary/aromatic N) is 2. The van der Waals surface area contributed by atoms with Gasteiger partial charge in [0.15, 0.2) is 0 Å². The second kappa shape index (κ2) is 6.76. The number of aromatic nitrogens is 2. The minimum atomic E-state index is -0.512. The molecule has 0 spiro atoms. The van der Waals surface area contributed by atoms with Crippen LogP contribution >= 0.6 is 0 Å². The molecule has 0 amide bonds. The molecule has 2 atom stereocenters. The van der Waals surface area contributed by atoms with Crippen molar-refractivity contribution in [2.24, 2.45) is 14.1 Å². The zero-order valence-electron chi connectivity index (χ0n) is 14.8. The highest BCUT2D eigenvalue weighted by Gasteiger charge is 2.35. The van der Waals surface area contributed by atoms with Gasteiger partial charge < -0.3 is 14.2 Å². The fourth-order valence-electron chi connectivity index (χ4n) is 3.20. The molecule has 7 nitrogen and oxygen atoms in total. The van der Waals surface area contributed by atoms with Crippen LogP contribution < -0.4 is 20.7 Å². The van der Waals surface area contributed by atoms with Crippen molar-refractivity contribution in [3.05, 3.63) is 56.2 Å². The number of hydrogen-bond donors (Lipinski definition) is 0. The van der Waals surface area contributed by atoms with Gasteiger partial charge >= 0.3 is 5.69 Å². The Kier molecular flexibility index (Phi) is 4.67. The number of ether oxygens (including phenoxy) is 3. The molecule has 2 heterocycles. The predicted molar refractivity (Wildman–Crippen MR) is 92.4 cm³/mol. The summed E-state index contributed by atoms with van der Waals surface area (Å²) in [6.07, 6.45) is -0.0111. The molecule has 2 aromatic rings. The van der Waals surface area contributed by atoms with Crippen molar-refractivity contribution >= 4 is 0 Å². The van der Waals surface area contributed by atoms with Gasteiger partial charge in [-0.3, -0.25) is 13.9 Å². The Labute approximate surface area is 145 Å². The zero-order chi connectivity index (χ0) is 18.1. The molecule has 1 aliphatic heterocycles. The molecule has 0 saturated carbocycles. The van der Waals surface area contributed by atoms with Gasteiger partial charge in [-0.05, 0) is 24.6 Å². The molecule has 1 aromatic carbocycles. The average Bonchev–Trinajstić information content (AvgIpc) is 2.64. The van der Waals surface area contributed by atoms with E-state index in [0.29, 0.717) is 18.6 Å². The van der Waals surface area contributed by atoms with Crippen LogP contribution in [0.3, 0.4) is 0 Å². The lowest BCUT2D eigenvalue weighted by Gasteiger charge is -2.32. The molecule has 134 valence electrons. The Balaban J connectivity index is 2.19. The molecule has 3 rings (SSSR count). The average molecular weight is 346 g/mol. The van der Waals surface area contributed by atoms with Crippen LogP contribution in [0.15, 0.2) is 33.9 Å². The van der Waals surface area contributed by atoms with Crippen molar-refractivity contribution in [1.82, 2.24) is 9.13 Å². The van der Waals surface area contributed by atoms with Gasteiger partial charge in [0, 0.05) is 33.0 Å². The minimum absolute atomic E-state index is 0.225. The largest absolute Gasteiger partial charge is 0.497 e. The quantitative estimate of drug-likeness (QED) is 0.836. The van der Waals surface area contributed by atoms with E-state index in [4.69, 9.17) is 14.2 Å². The summed E-state index contributed by atoms with van der Waals surface area (Å²) in [6, 6.07) is 7.55. The molecule has 0 N–H and O–H groups in total. The first-order valence-electron chi connectivity index (χ1n) is 8.20. The molecule has 0 radical (unpaired) electrons. The number of benzene rings is 1. The van der Waals surface area contributed by atoms with E-state index in [2.05, 4.69) is 0 Å². The first kappa shape index (κ1) is 17.3. The van der Waals surface area contributed by atoms with Gasteiger partial charge in [0.05, 0.1) is 12.7 Å². The monoisotopic (exact) mass is 346 g/mol. The summed E-state index contributed by atoms with van der Waals surface area (Å²) in [6.45, 7) is 2.36. The number of rotatable bonds is 4. The molecular formula is C18H22N2O5. The van der Waals surface area contributed by atoms with Gasteiger partial charge in [0.1, 0.15) is 5.75 Å². The van der Waals surface area contributed by atoms with E-state index in [1.807, 2.05) is 31.2 Å². The molecular weight excluding hydrogens is 324 g/mol. The normalized spacial score (nSPS) is 19.2. The van der Waals surface area contributed by atoms with Gasteiger partial charge in [-0.2, -0.15) is 0 Å². The maximum Gasteiger partial charge on any atom is 0.333 e. The van der Waals surface area contributed by atoms with Gasteiger partial charge in [0.2, 0.25) is 12.2 Å². The van der Waals surface area contributed by atoms with E-state index in [1.165, 1.54) is 11.6 Å². The number of hydrogen-bond acceptors (Lipinski definition) is 5. The van der Waals surface area contributed by atoms with E-state index >= 15 is 0 Å². The van der Waals surface area contributed by atoms with Gasteiger partial charge in [-0.25, -0.2) is 4.79 Å². The van der Waals surface area contributed by atoms with Gasteiger partial charge in [0.25, 0.3) is 5.56 Å². The number of methoxy groups -OCH3 is 1. The Hall–Kier alpha value is -2.54. The van der Waals surface area contributed by atoms with Crippen LogP contribution in [-0.2, 0) is 18.8 Å². The maximum atomic E-state index is 12.8. The topological polar surface area (TPSA) is 71.7 Å². The van der Waals surface area contributed by atoms with Crippen LogP contribution in [-0.4, -0.2) is 29.1 Å². The summed E-state index contributed by atoms with van der Waals surface area (Å²) < 4.78 is 19.1. The molecule has 0 saturated heterocycles. The van der Waals surface area contributed by atoms with E-state index in [-0.39, 0.29) is 17.4 Å². The highest BCUT2D eigenvalue weighted by atomic mass is 16.7. The van der Waals surface area contributed by atoms with Gasteiger partial charge in [-0.15, -0.1) is 0 Å². The Morgan fingerprint density at radius 1 is 1.16 bits per heavy atom. The molecule has 0 bridgehead atoms. The second-order valence-electron chi connectivity index (χ2n) is 5.99. The van der Waals surface area contributed by atoms with Crippen molar-refractivity contribution in [2.75, 3.05) is 13.7 Å². The lowest BCUT2D eigenvalue weighted by molar-refractivity contribution is -0.0943.